The molecule has 20 heavy (non-hydrogen) atoms. The molecular weight excluding hydrogens is 340 g/mol. The molecule has 0 amide bonds. The van der Waals surface area contributed by atoms with Gasteiger partial charge in [-0.25, -0.2) is 4.98 Å². The molecule has 3 nitrogen and oxygen atoms in total. The van der Waals surface area contributed by atoms with E-state index >= 15 is 0 Å². The van der Waals surface area contributed by atoms with Gasteiger partial charge in [0.1, 0.15) is 18.2 Å². The zero-order valence-corrected chi connectivity index (χ0v) is 13.5. The third-order valence-corrected chi connectivity index (χ3v) is 3.47. The minimum atomic E-state index is 0.442. The number of hydrogen-bond donors (Lipinski definition) is 1. The summed E-state index contributed by atoms with van der Waals surface area (Å²) in [6, 6.07) is 9.49. The number of nitrogens with one attached hydrogen (secondary N) is 1. The highest BCUT2D eigenvalue weighted by Gasteiger charge is 2.03. The molecule has 0 bridgehead atoms. The lowest BCUT2D eigenvalue weighted by Crippen LogP contribution is -2.02. The lowest BCUT2D eigenvalue weighted by molar-refractivity contribution is 0.306. The summed E-state index contributed by atoms with van der Waals surface area (Å²) in [4.78, 5) is 4.34. The number of anilines is 1. The predicted octanol–water partition coefficient (Wildman–Crippen LogP) is 4.90. The molecule has 1 aromatic carbocycles. The molecule has 0 aliphatic heterocycles. The fraction of sp³-hybridized carbons (Fsp3) is 0.267. The fourth-order valence-electron chi connectivity index (χ4n) is 1.62. The topological polar surface area (TPSA) is 34.1 Å². The number of rotatable bonds is 6. The van der Waals surface area contributed by atoms with E-state index in [9.17, 15) is 0 Å². The maximum Gasteiger partial charge on any atom is 0.139 e. The van der Waals surface area contributed by atoms with E-state index in [0.717, 1.165) is 28.8 Å². The number of ether oxygens (including phenoxy) is 1. The Morgan fingerprint density at radius 1 is 1.30 bits per heavy atom. The smallest absolute Gasteiger partial charge is 0.139 e. The second-order valence-corrected chi connectivity index (χ2v) is 5.66. The van der Waals surface area contributed by atoms with Crippen molar-refractivity contribution in [3.8, 4) is 5.75 Å². The van der Waals surface area contributed by atoms with E-state index in [-0.39, 0.29) is 0 Å². The molecule has 0 spiro atoms. The van der Waals surface area contributed by atoms with Crippen molar-refractivity contribution in [2.75, 3.05) is 11.9 Å². The van der Waals surface area contributed by atoms with Gasteiger partial charge in [-0.2, -0.15) is 0 Å². The van der Waals surface area contributed by atoms with E-state index in [0.29, 0.717) is 17.4 Å². The number of halogens is 2. The SMILES string of the molecule is CCCNc1ccc(COc2cc(Br)ccc2Cl)cn1. The van der Waals surface area contributed by atoms with Crippen LogP contribution in [0.1, 0.15) is 18.9 Å². The Morgan fingerprint density at radius 3 is 2.85 bits per heavy atom. The van der Waals surface area contributed by atoms with Gasteiger partial charge in [-0.3, -0.25) is 0 Å². The van der Waals surface area contributed by atoms with Crippen LogP contribution in [0.2, 0.25) is 5.02 Å². The van der Waals surface area contributed by atoms with Gasteiger partial charge in [0.25, 0.3) is 0 Å². The maximum absolute atomic E-state index is 6.07. The number of aromatic nitrogens is 1. The zero-order chi connectivity index (χ0) is 14.4. The summed E-state index contributed by atoms with van der Waals surface area (Å²) in [7, 11) is 0. The molecule has 0 unspecified atom stereocenters. The van der Waals surface area contributed by atoms with Gasteiger partial charge >= 0.3 is 0 Å². The van der Waals surface area contributed by atoms with Crippen LogP contribution >= 0.6 is 27.5 Å². The van der Waals surface area contributed by atoms with E-state index in [2.05, 4.69) is 33.2 Å². The van der Waals surface area contributed by atoms with Crippen LogP contribution in [0.4, 0.5) is 5.82 Å². The average Bonchev–Trinajstić information content (AvgIpc) is 2.47. The van der Waals surface area contributed by atoms with Crippen LogP contribution in [0.5, 0.6) is 5.75 Å². The quantitative estimate of drug-likeness (QED) is 0.800. The molecule has 0 saturated heterocycles. The van der Waals surface area contributed by atoms with Crippen LogP contribution in [-0.4, -0.2) is 11.5 Å². The second-order valence-electron chi connectivity index (χ2n) is 4.34. The molecule has 0 atom stereocenters. The first-order chi connectivity index (χ1) is 9.69. The van der Waals surface area contributed by atoms with Crippen molar-refractivity contribution in [2.24, 2.45) is 0 Å². The molecule has 2 rings (SSSR count). The van der Waals surface area contributed by atoms with Gasteiger partial charge in [-0.1, -0.05) is 40.5 Å². The molecule has 1 N–H and O–H groups in total. The van der Waals surface area contributed by atoms with Crippen molar-refractivity contribution in [1.82, 2.24) is 4.98 Å². The van der Waals surface area contributed by atoms with Gasteiger partial charge in [0, 0.05) is 22.8 Å². The van der Waals surface area contributed by atoms with E-state index in [4.69, 9.17) is 16.3 Å². The largest absolute Gasteiger partial charge is 0.487 e. The Balaban J connectivity index is 1.95. The number of benzene rings is 1. The molecule has 0 saturated carbocycles. The molecular formula is C15H16BrClN2O. The normalized spacial score (nSPS) is 10.3. The standard InChI is InChI=1S/C15H16BrClN2O/c1-2-7-18-15-6-3-11(9-19-15)10-20-14-8-12(16)4-5-13(14)17/h3-6,8-9H,2,7,10H2,1H3,(H,18,19). The lowest BCUT2D eigenvalue weighted by atomic mass is 10.3. The molecule has 0 fully saturated rings. The van der Waals surface area contributed by atoms with Crippen molar-refractivity contribution < 1.29 is 4.74 Å². The molecule has 0 aliphatic carbocycles. The molecule has 0 radical (unpaired) electrons. The highest BCUT2D eigenvalue weighted by Crippen LogP contribution is 2.28. The van der Waals surface area contributed by atoms with Crippen molar-refractivity contribution in [2.45, 2.75) is 20.0 Å². The first-order valence-electron chi connectivity index (χ1n) is 6.45. The third-order valence-electron chi connectivity index (χ3n) is 2.67. The third kappa shape index (κ3) is 4.39. The summed E-state index contributed by atoms with van der Waals surface area (Å²) in [6.07, 6.45) is 2.89. The van der Waals surface area contributed by atoms with Crippen LogP contribution in [0, 0.1) is 0 Å². The van der Waals surface area contributed by atoms with Crippen molar-refractivity contribution in [3.05, 3.63) is 51.6 Å². The van der Waals surface area contributed by atoms with Crippen molar-refractivity contribution in [3.63, 3.8) is 0 Å². The summed E-state index contributed by atoms with van der Waals surface area (Å²) < 4.78 is 6.64. The van der Waals surface area contributed by atoms with Crippen LogP contribution in [-0.2, 0) is 6.61 Å². The molecule has 1 heterocycles. The van der Waals surface area contributed by atoms with Gasteiger partial charge in [-0.15, -0.1) is 0 Å². The molecule has 106 valence electrons. The zero-order valence-electron chi connectivity index (χ0n) is 11.2. The van der Waals surface area contributed by atoms with Crippen molar-refractivity contribution in [1.29, 1.82) is 0 Å². The summed E-state index contributed by atoms with van der Waals surface area (Å²) in [5.41, 5.74) is 1.00. The van der Waals surface area contributed by atoms with Crippen LogP contribution in [0.15, 0.2) is 41.0 Å². The van der Waals surface area contributed by atoms with Crippen LogP contribution < -0.4 is 10.1 Å². The monoisotopic (exact) mass is 354 g/mol. The number of hydrogen-bond acceptors (Lipinski definition) is 3. The second kappa shape index (κ2) is 7.50. The van der Waals surface area contributed by atoms with E-state index in [1.54, 1.807) is 6.07 Å². The highest BCUT2D eigenvalue weighted by atomic mass is 79.9. The minimum absolute atomic E-state index is 0.442. The summed E-state index contributed by atoms with van der Waals surface area (Å²) in [6.45, 7) is 3.49. The Bertz CT molecular complexity index is 560. The maximum atomic E-state index is 6.07. The molecule has 0 aliphatic rings. The van der Waals surface area contributed by atoms with Crippen LogP contribution in [0.25, 0.3) is 0 Å². The van der Waals surface area contributed by atoms with Crippen molar-refractivity contribution >= 4 is 33.3 Å². The average molecular weight is 356 g/mol. The Morgan fingerprint density at radius 2 is 2.15 bits per heavy atom. The first kappa shape index (κ1) is 15.1. The number of nitrogens with zero attached hydrogens (tertiary/aromatic N) is 1. The van der Waals surface area contributed by atoms with E-state index < -0.39 is 0 Å². The Labute approximate surface area is 132 Å². The summed E-state index contributed by atoms with van der Waals surface area (Å²) >= 11 is 9.47. The molecule has 1 aromatic heterocycles. The van der Waals surface area contributed by atoms with E-state index in [1.165, 1.54) is 0 Å². The minimum Gasteiger partial charge on any atom is -0.487 e. The first-order valence-corrected chi connectivity index (χ1v) is 7.63. The van der Waals surface area contributed by atoms with Crippen LogP contribution in [0.3, 0.4) is 0 Å². The summed E-state index contributed by atoms with van der Waals surface area (Å²) in [5, 5.41) is 3.83. The summed E-state index contributed by atoms with van der Waals surface area (Å²) in [5.74, 6) is 1.55. The van der Waals surface area contributed by atoms with Gasteiger partial charge in [0.2, 0.25) is 0 Å². The highest BCUT2D eigenvalue weighted by molar-refractivity contribution is 9.10. The van der Waals surface area contributed by atoms with Gasteiger partial charge in [0.15, 0.2) is 0 Å². The van der Waals surface area contributed by atoms with Gasteiger partial charge in [-0.05, 0) is 30.7 Å². The molecule has 2 aromatic rings. The van der Waals surface area contributed by atoms with Gasteiger partial charge in [0.05, 0.1) is 5.02 Å². The Kier molecular flexibility index (Phi) is 5.68. The van der Waals surface area contributed by atoms with Gasteiger partial charge < -0.3 is 10.1 Å². The molecule has 5 heteroatoms. The van der Waals surface area contributed by atoms with E-state index in [1.807, 2.05) is 30.5 Å². The Hall–Kier alpha value is -1.26. The predicted molar refractivity (Wildman–Crippen MR) is 86.5 cm³/mol. The number of pyridine rings is 1. The fourth-order valence-corrected chi connectivity index (χ4v) is 2.13. The lowest BCUT2D eigenvalue weighted by Gasteiger charge is -2.09.